The number of piperidine rings is 1. The highest BCUT2D eigenvalue weighted by molar-refractivity contribution is 5.95. The van der Waals surface area contributed by atoms with Crippen LogP contribution in [0, 0.1) is 11.2 Å². The van der Waals surface area contributed by atoms with Crippen molar-refractivity contribution in [3.05, 3.63) is 36.7 Å². The van der Waals surface area contributed by atoms with E-state index in [1.165, 1.54) is 23.4 Å². The van der Waals surface area contributed by atoms with Crippen LogP contribution in [0.3, 0.4) is 0 Å². The van der Waals surface area contributed by atoms with Crippen LogP contribution in [0.25, 0.3) is 5.69 Å². The van der Waals surface area contributed by atoms with Crippen LogP contribution in [-0.4, -0.2) is 47.5 Å². The first-order chi connectivity index (χ1) is 11.6. The molecule has 0 bridgehead atoms. The summed E-state index contributed by atoms with van der Waals surface area (Å²) in [6, 6.07) is 4.50. The Bertz CT molecular complexity index is 693. The second-order valence-corrected chi connectivity index (χ2v) is 5.92. The van der Waals surface area contributed by atoms with Gasteiger partial charge in [0.05, 0.1) is 12.0 Å². The molecule has 1 saturated heterocycles. The number of carbonyl (C=O) groups is 1. The monoisotopic (exact) mass is 333 g/mol. The third-order valence-corrected chi connectivity index (χ3v) is 4.33. The zero-order valence-corrected chi connectivity index (χ0v) is 13.5. The summed E-state index contributed by atoms with van der Waals surface area (Å²) in [5.74, 6) is -0.622. The van der Waals surface area contributed by atoms with Crippen molar-refractivity contribution >= 4 is 11.6 Å². The largest absolute Gasteiger partial charge is 0.384 e. The smallest absolute Gasteiger partial charge is 0.233 e. The molecule has 7 nitrogen and oxygen atoms in total. The topological polar surface area (TPSA) is 81.1 Å². The molecular formula is C16H20FN5O2. The van der Waals surface area contributed by atoms with Crippen molar-refractivity contribution in [1.82, 2.24) is 20.1 Å². The van der Waals surface area contributed by atoms with E-state index >= 15 is 0 Å². The molecule has 0 radical (unpaired) electrons. The molecule has 3 rings (SSSR count). The Kier molecular flexibility index (Phi) is 4.86. The number of rotatable bonds is 5. The molecule has 2 N–H and O–H groups in total. The van der Waals surface area contributed by atoms with E-state index in [9.17, 15) is 9.18 Å². The fourth-order valence-electron chi connectivity index (χ4n) is 2.99. The number of methoxy groups -OCH3 is 1. The number of benzene rings is 1. The Balaban J connectivity index is 1.77. The van der Waals surface area contributed by atoms with Crippen LogP contribution in [0.4, 0.5) is 10.1 Å². The summed E-state index contributed by atoms with van der Waals surface area (Å²) < 4.78 is 20.9. The van der Waals surface area contributed by atoms with E-state index < -0.39 is 11.2 Å². The Morgan fingerprint density at radius 1 is 1.46 bits per heavy atom. The number of hydrogen-bond donors (Lipinski definition) is 2. The Hall–Kier alpha value is -2.32. The maximum atomic E-state index is 14.3. The Morgan fingerprint density at radius 2 is 2.25 bits per heavy atom. The van der Waals surface area contributed by atoms with Gasteiger partial charge in [-0.15, -0.1) is 0 Å². The molecule has 1 aromatic carbocycles. The van der Waals surface area contributed by atoms with Gasteiger partial charge in [-0.25, -0.2) is 14.1 Å². The molecule has 1 amide bonds. The lowest BCUT2D eigenvalue weighted by Crippen LogP contribution is -2.47. The Labute approximate surface area is 139 Å². The molecule has 128 valence electrons. The van der Waals surface area contributed by atoms with E-state index in [0.717, 1.165) is 13.1 Å². The summed E-state index contributed by atoms with van der Waals surface area (Å²) in [7, 11) is 1.59. The van der Waals surface area contributed by atoms with Crippen molar-refractivity contribution in [3.63, 3.8) is 0 Å². The van der Waals surface area contributed by atoms with Crippen molar-refractivity contribution in [1.29, 1.82) is 0 Å². The molecular weight excluding hydrogens is 313 g/mol. The van der Waals surface area contributed by atoms with Gasteiger partial charge in [0.1, 0.15) is 18.3 Å². The number of ether oxygens (including phenoxy) is 1. The maximum Gasteiger partial charge on any atom is 0.233 e. The number of nitrogens with zero attached hydrogens (tertiary/aromatic N) is 3. The van der Waals surface area contributed by atoms with E-state index in [1.54, 1.807) is 19.2 Å². The lowest BCUT2D eigenvalue weighted by atomic mass is 9.78. The molecule has 24 heavy (non-hydrogen) atoms. The minimum atomic E-state index is -0.582. The van der Waals surface area contributed by atoms with Crippen molar-refractivity contribution in [3.8, 4) is 5.69 Å². The lowest BCUT2D eigenvalue weighted by Gasteiger charge is -2.35. The highest BCUT2D eigenvalue weighted by Gasteiger charge is 2.39. The van der Waals surface area contributed by atoms with Crippen LogP contribution in [-0.2, 0) is 9.53 Å². The summed E-state index contributed by atoms with van der Waals surface area (Å²) in [5.41, 5.74) is 0.107. The number of nitrogens with one attached hydrogen (secondary N) is 2. The van der Waals surface area contributed by atoms with Gasteiger partial charge in [-0.05, 0) is 44.1 Å². The van der Waals surface area contributed by atoms with Gasteiger partial charge in [-0.2, -0.15) is 5.10 Å². The average Bonchev–Trinajstić information content (AvgIpc) is 3.10. The summed E-state index contributed by atoms with van der Waals surface area (Å²) in [5, 5.41) is 9.96. The predicted octanol–water partition coefficient (Wildman–Crippen LogP) is 1.36. The second-order valence-electron chi connectivity index (χ2n) is 5.92. The van der Waals surface area contributed by atoms with Gasteiger partial charge in [-0.1, -0.05) is 0 Å². The van der Waals surface area contributed by atoms with Gasteiger partial charge < -0.3 is 15.4 Å². The zero-order chi connectivity index (χ0) is 17.0. The highest BCUT2D eigenvalue weighted by atomic mass is 19.1. The summed E-state index contributed by atoms with van der Waals surface area (Å²) in [4.78, 5) is 16.5. The van der Waals surface area contributed by atoms with Crippen LogP contribution in [0.2, 0.25) is 0 Å². The molecule has 1 fully saturated rings. The van der Waals surface area contributed by atoms with Gasteiger partial charge in [0.2, 0.25) is 5.91 Å². The van der Waals surface area contributed by atoms with Crippen molar-refractivity contribution in [2.45, 2.75) is 12.8 Å². The molecule has 0 saturated carbocycles. The van der Waals surface area contributed by atoms with Crippen LogP contribution in [0.1, 0.15) is 12.8 Å². The van der Waals surface area contributed by atoms with E-state index in [1.807, 2.05) is 0 Å². The van der Waals surface area contributed by atoms with Crippen LogP contribution in [0.5, 0.6) is 0 Å². The SMILES string of the molecule is COCC1(C(=O)Nc2ccc(-n3cncn3)c(F)c2)CCNCC1. The predicted molar refractivity (Wildman–Crippen MR) is 86.4 cm³/mol. The minimum absolute atomic E-state index is 0.140. The van der Waals surface area contributed by atoms with Gasteiger partial charge in [-0.3, -0.25) is 4.79 Å². The fourth-order valence-corrected chi connectivity index (χ4v) is 2.99. The first kappa shape index (κ1) is 16.5. The van der Waals surface area contributed by atoms with Crippen molar-refractivity contribution in [2.75, 3.05) is 32.1 Å². The zero-order valence-electron chi connectivity index (χ0n) is 13.5. The van der Waals surface area contributed by atoms with Gasteiger partial charge >= 0.3 is 0 Å². The maximum absolute atomic E-state index is 14.3. The molecule has 2 heterocycles. The van der Waals surface area contributed by atoms with E-state index in [4.69, 9.17) is 4.74 Å². The van der Waals surface area contributed by atoms with E-state index in [2.05, 4.69) is 20.7 Å². The van der Waals surface area contributed by atoms with Crippen molar-refractivity contribution in [2.24, 2.45) is 5.41 Å². The second kappa shape index (κ2) is 7.06. The molecule has 0 unspecified atom stereocenters. The first-order valence-electron chi connectivity index (χ1n) is 7.80. The molecule has 8 heteroatoms. The molecule has 1 aromatic heterocycles. The normalized spacial score (nSPS) is 16.8. The number of aromatic nitrogens is 3. The summed E-state index contributed by atoms with van der Waals surface area (Å²) in [6.45, 7) is 1.87. The number of carbonyl (C=O) groups excluding carboxylic acids is 1. The van der Waals surface area contributed by atoms with E-state index in [-0.39, 0.29) is 11.6 Å². The Morgan fingerprint density at radius 3 is 2.88 bits per heavy atom. The highest BCUT2D eigenvalue weighted by Crippen LogP contribution is 2.31. The molecule has 0 aliphatic carbocycles. The van der Waals surface area contributed by atoms with Crippen molar-refractivity contribution < 1.29 is 13.9 Å². The third-order valence-electron chi connectivity index (χ3n) is 4.33. The van der Waals surface area contributed by atoms with Gasteiger partial charge in [0.25, 0.3) is 0 Å². The number of anilines is 1. The molecule has 0 atom stereocenters. The van der Waals surface area contributed by atoms with Crippen LogP contribution >= 0.6 is 0 Å². The minimum Gasteiger partial charge on any atom is -0.384 e. The summed E-state index contributed by atoms with van der Waals surface area (Å²) >= 11 is 0. The molecule has 1 aliphatic rings. The third kappa shape index (κ3) is 3.29. The molecule has 2 aromatic rings. The van der Waals surface area contributed by atoms with E-state index in [0.29, 0.717) is 25.1 Å². The fraction of sp³-hybridized carbons (Fsp3) is 0.438. The number of amides is 1. The quantitative estimate of drug-likeness (QED) is 0.863. The van der Waals surface area contributed by atoms with Crippen LogP contribution in [0.15, 0.2) is 30.9 Å². The standard InChI is InChI=1S/C16H20FN5O2/c1-24-9-16(4-6-18-7-5-16)15(23)21-12-2-3-14(13(17)8-12)22-11-19-10-20-22/h2-3,8,10-11,18H,4-7,9H2,1H3,(H,21,23). The number of hydrogen-bond acceptors (Lipinski definition) is 5. The summed E-state index contributed by atoms with van der Waals surface area (Å²) in [6.07, 6.45) is 4.12. The number of halogens is 1. The molecule has 0 spiro atoms. The average molecular weight is 333 g/mol. The lowest BCUT2D eigenvalue weighted by molar-refractivity contribution is -0.130. The van der Waals surface area contributed by atoms with Gasteiger partial charge in [0.15, 0.2) is 5.82 Å². The van der Waals surface area contributed by atoms with Crippen LogP contribution < -0.4 is 10.6 Å². The first-order valence-corrected chi connectivity index (χ1v) is 7.80. The molecule has 1 aliphatic heterocycles. The van der Waals surface area contributed by atoms with Gasteiger partial charge in [0, 0.05) is 12.8 Å².